The van der Waals surface area contributed by atoms with Crippen molar-refractivity contribution in [3.63, 3.8) is 0 Å². The van der Waals surface area contributed by atoms with Crippen LogP contribution in [-0.2, 0) is 4.74 Å². The van der Waals surface area contributed by atoms with Crippen molar-refractivity contribution in [1.29, 1.82) is 0 Å². The molecule has 0 radical (unpaired) electrons. The third kappa shape index (κ3) is 4.23. The number of hydrogen-bond donors (Lipinski definition) is 1. The average molecular weight is 240 g/mol. The van der Waals surface area contributed by atoms with Crippen molar-refractivity contribution < 1.29 is 4.74 Å². The van der Waals surface area contributed by atoms with Gasteiger partial charge >= 0.3 is 0 Å². The van der Waals surface area contributed by atoms with Crippen molar-refractivity contribution in [2.75, 3.05) is 39.4 Å². The molecule has 2 aliphatic rings. The first-order valence-electron chi connectivity index (χ1n) is 7.29. The summed E-state index contributed by atoms with van der Waals surface area (Å²) in [5.41, 5.74) is 0. The van der Waals surface area contributed by atoms with E-state index >= 15 is 0 Å². The summed E-state index contributed by atoms with van der Waals surface area (Å²) in [6, 6.07) is 0.763. The van der Waals surface area contributed by atoms with Crippen molar-refractivity contribution in [3.8, 4) is 0 Å². The number of nitrogens with zero attached hydrogens (tertiary/aromatic N) is 1. The van der Waals surface area contributed by atoms with Gasteiger partial charge < -0.3 is 10.1 Å². The minimum absolute atomic E-state index is 0.758. The van der Waals surface area contributed by atoms with Gasteiger partial charge in [-0.2, -0.15) is 0 Å². The predicted octanol–water partition coefficient (Wildman–Crippen LogP) is 1.73. The van der Waals surface area contributed by atoms with Crippen LogP contribution in [0.4, 0.5) is 0 Å². The second kappa shape index (κ2) is 6.72. The number of hydrogen-bond acceptors (Lipinski definition) is 3. The molecular formula is C14H28N2O. The van der Waals surface area contributed by atoms with Crippen LogP contribution in [0.15, 0.2) is 0 Å². The lowest BCUT2D eigenvalue weighted by atomic mass is 9.94. The Morgan fingerprint density at radius 1 is 1.29 bits per heavy atom. The highest BCUT2D eigenvalue weighted by atomic mass is 16.5. The zero-order chi connectivity index (χ0) is 12.1. The van der Waals surface area contributed by atoms with Gasteiger partial charge in [-0.05, 0) is 37.6 Å². The highest BCUT2D eigenvalue weighted by Crippen LogP contribution is 2.24. The van der Waals surface area contributed by atoms with E-state index in [2.05, 4.69) is 24.1 Å². The van der Waals surface area contributed by atoms with Crippen LogP contribution in [0, 0.1) is 11.8 Å². The minimum Gasteiger partial charge on any atom is -0.380 e. The van der Waals surface area contributed by atoms with Crippen LogP contribution in [0.3, 0.4) is 0 Å². The first-order valence-corrected chi connectivity index (χ1v) is 7.29. The molecule has 2 atom stereocenters. The molecule has 0 amide bonds. The number of likely N-dealkylation sites (tertiary alicyclic amines) is 1. The third-order valence-corrected chi connectivity index (χ3v) is 4.07. The average Bonchev–Trinajstić information content (AvgIpc) is 2.70. The number of piperidine rings is 1. The maximum absolute atomic E-state index is 5.70. The van der Waals surface area contributed by atoms with E-state index < -0.39 is 0 Å². The van der Waals surface area contributed by atoms with Crippen LogP contribution in [0.1, 0.15) is 33.1 Å². The zero-order valence-corrected chi connectivity index (χ0v) is 11.5. The van der Waals surface area contributed by atoms with E-state index in [1.807, 2.05) is 0 Å². The first kappa shape index (κ1) is 13.3. The molecule has 2 saturated heterocycles. The summed E-state index contributed by atoms with van der Waals surface area (Å²) >= 11 is 0. The highest BCUT2D eigenvalue weighted by Gasteiger charge is 2.33. The minimum atomic E-state index is 0.758. The van der Waals surface area contributed by atoms with Crippen molar-refractivity contribution >= 4 is 0 Å². The Kier molecular flexibility index (Phi) is 5.26. The van der Waals surface area contributed by atoms with E-state index in [0.29, 0.717) is 0 Å². The van der Waals surface area contributed by atoms with Crippen molar-refractivity contribution in [2.24, 2.45) is 11.8 Å². The second-order valence-corrected chi connectivity index (χ2v) is 6.02. The van der Waals surface area contributed by atoms with E-state index in [9.17, 15) is 0 Å². The molecule has 17 heavy (non-hydrogen) atoms. The Morgan fingerprint density at radius 2 is 2.18 bits per heavy atom. The zero-order valence-electron chi connectivity index (χ0n) is 11.5. The second-order valence-electron chi connectivity index (χ2n) is 6.02. The van der Waals surface area contributed by atoms with Gasteiger partial charge in [0.2, 0.25) is 0 Å². The lowest BCUT2D eigenvalue weighted by Crippen LogP contribution is -2.40. The fourth-order valence-electron chi connectivity index (χ4n) is 2.93. The summed E-state index contributed by atoms with van der Waals surface area (Å²) in [5.74, 6) is 1.66. The molecule has 2 heterocycles. The van der Waals surface area contributed by atoms with Gasteiger partial charge in [-0.25, -0.2) is 0 Å². The normalized spacial score (nSPS) is 29.8. The van der Waals surface area contributed by atoms with Gasteiger partial charge in [-0.15, -0.1) is 0 Å². The molecule has 2 fully saturated rings. The Morgan fingerprint density at radius 3 is 2.94 bits per heavy atom. The summed E-state index contributed by atoms with van der Waals surface area (Å²) in [6.07, 6.45) is 3.97. The Labute approximate surface area is 106 Å². The number of fused-ring (bicyclic) bond motifs is 1. The molecule has 0 aliphatic carbocycles. The summed E-state index contributed by atoms with van der Waals surface area (Å²) in [4.78, 5) is 2.57. The topological polar surface area (TPSA) is 24.5 Å². The summed E-state index contributed by atoms with van der Waals surface area (Å²) in [7, 11) is 0. The molecule has 3 heteroatoms. The van der Waals surface area contributed by atoms with Crippen molar-refractivity contribution in [2.45, 2.75) is 39.2 Å². The van der Waals surface area contributed by atoms with Crippen LogP contribution < -0.4 is 5.32 Å². The number of nitrogens with one attached hydrogen (secondary N) is 1. The van der Waals surface area contributed by atoms with Crippen LogP contribution in [-0.4, -0.2) is 50.3 Å². The molecule has 0 aromatic rings. The standard InChI is InChI=1S/C14H28N2O/c1-12(2)5-8-17-9-7-16-10-13-4-3-6-15-14(13)11-16/h12-15H,3-11H2,1-2H3/t13-,14+/m0/s1. The van der Waals surface area contributed by atoms with E-state index in [4.69, 9.17) is 4.74 Å². The molecular weight excluding hydrogens is 212 g/mol. The SMILES string of the molecule is CC(C)CCOCCN1C[C@@H]2CCCN[C@@H]2C1. The van der Waals surface area contributed by atoms with Gasteiger partial charge in [0.25, 0.3) is 0 Å². The van der Waals surface area contributed by atoms with Crippen molar-refractivity contribution in [1.82, 2.24) is 10.2 Å². The Bertz CT molecular complexity index is 206. The maximum atomic E-state index is 5.70. The maximum Gasteiger partial charge on any atom is 0.0593 e. The number of ether oxygens (including phenoxy) is 1. The molecule has 100 valence electrons. The van der Waals surface area contributed by atoms with Crippen LogP contribution in [0.5, 0.6) is 0 Å². The lowest BCUT2D eigenvalue weighted by molar-refractivity contribution is 0.101. The molecule has 3 nitrogen and oxygen atoms in total. The molecule has 0 spiro atoms. The third-order valence-electron chi connectivity index (χ3n) is 4.07. The molecule has 0 saturated carbocycles. The van der Waals surface area contributed by atoms with Gasteiger partial charge in [-0.1, -0.05) is 13.8 Å². The molecule has 0 unspecified atom stereocenters. The largest absolute Gasteiger partial charge is 0.380 e. The van der Waals surface area contributed by atoms with Gasteiger partial charge in [-0.3, -0.25) is 4.90 Å². The van der Waals surface area contributed by atoms with Crippen LogP contribution in [0.2, 0.25) is 0 Å². The molecule has 2 aliphatic heterocycles. The number of rotatable bonds is 6. The molecule has 0 aromatic heterocycles. The van der Waals surface area contributed by atoms with E-state index in [1.165, 1.54) is 38.9 Å². The Balaban J connectivity index is 1.55. The van der Waals surface area contributed by atoms with Gasteiger partial charge in [0.15, 0.2) is 0 Å². The summed E-state index contributed by atoms with van der Waals surface area (Å²) in [5, 5.41) is 3.65. The quantitative estimate of drug-likeness (QED) is 0.716. The Hall–Kier alpha value is -0.120. The fourth-order valence-corrected chi connectivity index (χ4v) is 2.93. The molecule has 1 N–H and O–H groups in total. The smallest absolute Gasteiger partial charge is 0.0593 e. The van der Waals surface area contributed by atoms with Gasteiger partial charge in [0.1, 0.15) is 0 Å². The van der Waals surface area contributed by atoms with Gasteiger partial charge in [0.05, 0.1) is 6.61 Å². The van der Waals surface area contributed by atoms with Crippen LogP contribution >= 0.6 is 0 Å². The van der Waals surface area contributed by atoms with Gasteiger partial charge in [0, 0.05) is 32.3 Å². The van der Waals surface area contributed by atoms with E-state index in [1.54, 1.807) is 0 Å². The monoisotopic (exact) mass is 240 g/mol. The predicted molar refractivity (Wildman–Crippen MR) is 71.2 cm³/mol. The highest BCUT2D eigenvalue weighted by molar-refractivity contribution is 4.91. The molecule has 0 aromatic carbocycles. The van der Waals surface area contributed by atoms with E-state index in [0.717, 1.165) is 37.6 Å². The molecule has 2 rings (SSSR count). The molecule has 0 bridgehead atoms. The van der Waals surface area contributed by atoms with E-state index in [-0.39, 0.29) is 0 Å². The summed E-state index contributed by atoms with van der Waals surface area (Å²) < 4.78 is 5.70. The lowest BCUT2D eigenvalue weighted by Gasteiger charge is -2.24. The van der Waals surface area contributed by atoms with Crippen molar-refractivity contribution in [3.05, 3.63) is 0 Å². The van der Waals surface area contributed by atoms with Crippen LogP contribution in [0.25, 0.3) is 0 Å². The first-order chi connectivity index (χ1) is 8.25. The fraction of sp³-hybridized carbons (Fsp3) is 1.00. The summed E-state index contributed by atoms with van der Waals surface area (Å²) in [6.45, 7) is 11.2.